The fourth-order valence-corrected chi connectivity index (χ4v) is 2.08. The molecule has 1 heterocycles. The Morgan fingerprint density at radius 1 is 1.53 bits per heavy atom. The van der Waals surface area contributed by atoms with Crippen LogP contribution in [0.3, 0.4) is 0 Å². The van der Waals surface area contributed by atoms with Crippen molar-refractivity contribution in [2.75, 3.05) is 13.1 Å². The van der Waals surface area contributed by atoms with E-state index in [9.17, 15) is 4.79 Å². The van der Waals surface area contributed by atoms with E-state index in [1.165, 1.54) is 12.8 Å². The van der Waals surface area contributed by atoms with Gasteiger partial charge in [0.25, 0.3) is 0 Å². The van der Waals surface area contributed by atoms with Gasteiger partial charge < -0.3 is 5.32 Å². The lowest BCUT2D eigenvalue weighted by Gasteiger charge is -2.28. The van der Waals surface area contributed by atoms with Crippen LogP contribution in [0.15, 0.2) is 0 Å². The van der Waals surface area contributed by atoms with E-state index in [0.717, 1.165) is 13.1 Å². The van der Waals surface area contributed by atoms with Gasteiger partial charge in [0.15, 0.2) is 0 Å². The zero-order chi connectivity index (χ0) is 12.9. The van der Waals surface area contributed by atoms with E-state index in [-0.39, 0.29) is 11.5 Å². The van der Waals surface area contributed by atoms with Gasteiger partial charge in [-0.05, 0) is 58.5 Å². The van der Waals surface area contributed by atoms with E-state index in [1.54, 1.807) is 0 Å². The molecule has 1 aliphatic heterocycles. The van der Waals surface area contributed by atoms with Crippen molar-refractivity contribution in [3.8, 4) is 0 Å². The molecule has 1 amide bonds. The molecule has 4 heteroatoms. The van der Waals surface area contributed by atoms with E-state index in [1.807, 2.05) is 20.8 Å². The van der Waals surface area contributed by atoms with Crippen LogP contribution < -0.4 is 10.8 Å². The number of piperidine rings is 1. The zero-order valence-electron chi connectivity index (χ0n) is 11.5. The fraction of sp³-hybridized carbons (Fsp3) is 0.923. The summed E-state index contributed by atoms with van der Waals surface area (Å²) in [7, 11) is 0. The fourth-order valence-electron chi connectivity index (χ4n) is 2.08. The molecule has 0 radical (unpaired) electrons. The summed E-state index contributed by atoms with van der Waals surface area (Å²) in [6.07, 6.45) is 2.99. The second kappa shape index (κ2) is 6.36. The maximum absolute atomic E-state index is 11.7. The Hall–Kier alpha value is -0.610. The summed E-state index contributed by atoms with van der Waals surface area (Å²) in [4.78, 5) is 17.0. The van der Waals surface area contributed by atoms with E-state index < -0.39 is 0 Å². The van der Waals surface area contributed by atoms with Crippen LogP contribution in [0.5, 0.6) is 0 Å². The molecule has 4 nitrogen and oxygen atoms in total. The van der Waals surface area contributed by atoms with Gasteiger partial charge in [0.05, 0.1) is 5.60 Å². The standard InChI is InChI=1S/C13H26N2O2/c1-10(11-6-5-7-14-9-11)8-12(16)15-17-13(2,3)4/h10-11,14H,5-9H2,1-4H3,(H,15,16). The third-order valence-electron chi connectivity index (χ3n) is 3.12. The van der Waals surface area contributed by atoms with Crippen molar-refractivity contribution in [1.82, 2.24) is 10.8 Å². The van der Waals surface area contributed by atoms with Crippen molar-refractivity contribution in [3.05, 3.63) is 0 Å². The second-order valence-electron chi connectivity index (χ2n) is 6.03. The lowest BCUT2D eigenvalue weighted by molar-refractivity contribution is -0.146. The second-order valence-corrected chi connectivity index (χ2v) is 6.03. The average molecular weight is 242 g/mol. The molecular weight excluding hydrogens is 216 g/mol. The molecule has 17 heavy (non-hydrogen) atoms. The number of hydroxylamine groups is 1. The van der Waals surface area contributed by atoms with Gasteiger partial charge in [-0.15, -0.1) is 0 Å². The Balaban J connectivity index is 2.25. The largest absolute Gasteiger partial charge is 0.316 e. The van der Waals surface area contributed by atoms with Crippen molar-refractivity contribution in [3.63, 3.8) is 0 Å². The van der Waals surface area contributed by atoms with Crippen molar-refractivity contribution >= 4 is 5.91 Å². The molecule has 0 saturated carbocycles. The molecule has 0 aliphatic carbocycles. The normalized spacial score (nSPS) is 23.2. The summed E-state index contributed by atoms with van der Waals surface area (Å²) < 4.78 is 0. The van der Waals surface area contributed by atoms with Gasteiger partial charge in [-0.1, -0.05) is 6.92 Å². The first-order valence-corrected chi connectivity index (χ1v) is 6.56. The van der Waals surface area contributed by atoms with Crippen molar-refractivity contribution in [2.45, 2.75) is 52.6 Å². The smallest absolute Gasteiger partial charge is 0.243 e. The lowest BCUT2D eigenvalue weighted by Crippen LogP contribution is -2.37. The highest BCUT2D eigenvalue weighted by molar-refractivity contribution is 5.75. The van der Waals surface area contributed by atoms with Crippen LogP contribution in [0.25, 0.3) is 0 Å². The molecular formula is C13H26N2O2. The monoisotopic (exact) mass is 242 g/mol. The molecule has 1 saturated heterocycles. The Labute approximate surface area is 104 Å². The van der Waals surface area contributed by atoms with Gasteiger partial charge in [0.1, 0.15) is 0 Å². The zero-order valence-corrected chi connectivity index (χ0v) is 11.5. The van der Waals surface area contributed by atoms with Crippen LogP contribution in [0, 0.1) is 11.8 Å². The number of hydrogen-bond donors (Lipinski definition) is 2. The van der Waals surface area contributed by atoms with E-state index >= 15 is 0 Å². The molecule has 0 aromatic carbocycles. The van der Waals surface area contributed by atoms with Crippen molar-refractivity contribution in [2.24, 2.45) is 11.8 Å². The topological polar surface area (TPSA) is 50.4 Å². The average Bonchev–Trinajstić information content (AvgIpc) is 2.27. The summed E-state index contributed by atoms with van der Waals surface area (Å²) in [5.41, 5.74) is 2.21. The predicted octanol–water partition coefficient (Wildman–Crippen LogP) is 1.86. The van der Waals surface area contributed by atoms with Crippen LogP contribution >= 0.6 is 0 Å². The third-order valence-corrected chi connectivity index (χ3v) is 3.12. The SMILES string of the molecule is CC(CC(=O)NOC(C)(C)C)C1CCCNC1. The van der Waals surface area contributed by atoms with Gasteiger partial charge in [-0.3, -0.25) is 9.63 Å². The van der Waals surface area contributed by atoms with Crippen molar-refractivity contribution < 1.29 is 9.63 Å². The third kappa shape index (κ3) is 6.03. The van der Waals surface area contributed by atoms with Crippen LogP contribution in [0.4, 0.5) is 0 Å². The predicted molar refractivity (Wildman–Crippen MR) is 68.4 cm³/mol. The summed E-state index contributed by atoms with van der Waals surface area (Å²) in [5, 5.41) is 3.38. The van der Waals surface area contributed by atoms with Gasteiger partial charge in [0, 0.05) is 6.42 Å². The molecule has 0 spiro atoms. The molecule has 2 N–H and O–H groups in total. The first-order valence-electron chi connectivity index (χ1n) is 6.56. The minimum absolute atomic E-state index is 0.0157. The molecule has 2 unspecified atom stereocenters. The number of hydrogen-bond acceptors (Lipinski definition) is 3. The van der Waals surface area contributed by atoms with Gasteiger partial charge >= 0.3 is 0 Å². The Morgan fingerprint density at radius 2 is 2.24 bits per heavy atom. The van der Waals surface area contributed by atoms with E-state index in [4.69, 9.17) is 4.84 Å². The summed E-state index contributed by atoms with van der Waals surface area (Å²) in [5.74, 6) is 1.01. The molecule has 1 aliphatic rings. The Kier molecular flexibility index (Phi) is 5.40. The lowest BCUT2D eigenvalue weighted by atomic mass is 9.85. The Morgan fingerprint density at radius 3 is 2.76 bits per heavy atom. The highest BCUT2D eigenvalue weighted by atomic mass is 16.7. The molecule has 100 valence electrons. The van der Waals surface area contributed by atoms with Gasteiger partial charge in [-0.2, -0.15) is 0 Å². The van der Waals surface area contributed by atoms with E-state index in [2.05, 4.69) is 17.7 Å². The number of carbonyl (C=O) groups excluding carboxylic acids is 1. The first kappa shape index (κ1) is 14.5. The van der Waals surface area contributed by atoms with Gasteiger partial charge in [-0.25, -0.2) is 5.48 Å². The maximum Gasteiger partial charge on any atom is 0.243 e. The quantitative estimate of drug-likeness (QED) is 0.740. The van der Waals surface area contributed by atoms with Gasteiger partial charge in [0.2, 0.25) is 5.91 Å². The molecule has 1 rings (SSSR count). The molecule has 0 aromatic rings. The van der Waals surface area contributed by atoms with Crippen LogP contribution in [-0.2, 0) is 9.63 Å². The molecule has 0 aromatic heterocycles. The summed E-state index contributed by atoms with van der Waals surface area (Å²) >= 11 is 0. The van der Waals surface area contributed by atoms with Crippen molar-refractivity contribution in [1.29, 1.82) is 0 Å². The van der Waals surface area contributed by atoms with Crippen LogP contribution in [0.1, 0.15) is 47.0 Å². The summed E-state index contributed by atoms with van der Waals surface area (Å²) in [6.45, 7) is 10.1. The Bertz CT molecular complexity index is 242. The minimum atomic E-state index is -0.328. The number of carbonyl (C=O) groups is 1. The van der Waals surface area contributed by atoms with E-state index in [0.29, 0.717) is 18.3 Å². The number of amides is 1. The first-order chi connectivity index (χ1) is 7.88. The molecule has 1 fully saturated rings. The van der Waals surface area contributed by atoms with Crippen LogP contribution in [-0.4, -0.2) is 24.6 Å². The summed E-state index contributed by atoms with van der Waals surface area (Å²) in [6, 6.07) is 0. The number of rotatable bonds is 4. The van der Waals surface area contributed by atoms with Crippen LogP contribution in [0.2, 0.25) is 0 Å². The highest BCUT2D eigenvalue weighted by Gasteiger charge is 2.22. The number of nitrogens with one attached hydrogen (secondary N) is 2. The minimum Gasteiger partial charge on any atom is -0.316 e. The molecule has 2 atom stereocenters. The maximum atomic E-state index is 11.7. The molecule has 0 bridgehead atoms. The highest BCUT2D eigenvalue weighted by Crippen LogP contribution is 2.22.